The van der Waals surface area contributed by atoms with Gasteiger partial charge in [0.25, 0.3) is 0 Å². The molecular formula is C12H13ClFNOS. The molecule has 1 aromatic rings. The lowest BCUT2D eigenvalue weighted by atomic mass is 10.1. The van der Waals surface area contributed by atoms with Crippen LogP contribution in [0.2, 0.25) is 5.02 Å². The van der Waals surface area contributed by atoms with E-state index in [1.54, 1.807) is 0 Å². The second-order valence-electron chi connectivity index (χ2n) is 4.54. The first-order valence-corrected chi connectivity index (χ1v) is 6.41. The SMILES string of the molecule is O=C(CC1(CS)CC1)Nc1cc(F)cc(Cl)c1. The van der Waals surface area contributed by atoms with E-state index in [9.17, 15) is 9.18 Å². The largest absolute Gasteiger partial charge is 0.326 e. The molecule has 0 unspecified atom stereocenters. The molecule has 0 aliphatic heterocycles. The lowest BCUT2D eigenvalue weighted by Gasteiger charge is -2.11. The Morgan fingerprint density at radius 3 is 2.71 bits per heavy atom. The molecule has 0 radical (unpaired) electrons. The summed E-state index contributed by atoms with van der Waals surface area (Å²) in [5.41, 5.74) is 0.458. The number of hydrogen-bond acceptors (Lipinski definition) is 2. The van der Waals surface area contributed by atoms with Crippen LogP contribution in [0.15, 0.2) is 18.2 Å². The summed E-state index contributed by atoms with van der Waals surface area (Å²) in [6, 6.07) is 3.99. The Balaban J connectivity index is 1.98. The minimum absolute atomic E-state index is 0.0598. The molecule has 1 N–H and O–H groups in total. The molecule has 17 heavy (non-hydrogen) atoms. The van der Waals surface area contributed by atoms with E-state index in [4.69, 9.17) is 11.6 Å². The number of carbonyl (C=O) groups excluding carboxylic acids is 1. The van der Waals surface area contributed by atoms with Gasteiger partial charge in [-0.2, -0.15) is 12.6 Å². The van der Waals surface area contributed by atoms with Gasteiger partial charge in [0.05, 0.1) is 0 Å². The van der Waals surface area contributed by atoms with Crippen LogP contribution >= 0.6 is 24.2 Å². The molecule has 0 bridgehead atoms. The van der Waals surface area contributed by atoms with E-state index < -0.39 is 5.82 Å². The molecule has 0 aromatic heterocycles. The fourth-order valence-electron chi connectivity index (χ4n) is 1.74. The topological polar surface area (TPSA) is 29.1 Å². The summed E-state index contributed by atoms with van der Waals surface area (Å²) in [5, 5.41) is 2.93. The maximum atomic E-state index is 13.0. The van der Waals surface area contributed by atoms with Crippen molar-refractivity contribution in [1.82, 2.24) is 0 Å². The summed E-state index contributed by atoms with van der Waals surface area (Å²) < 4.78 is 13.0. The van der Waals surface area contributed by atoms with Crippen LogP contribution in [-0.4, -0.2) is 11.7 Å². The Hall–Kier alpha value is -0.740. The highest BCUT2D eigenvalue weighted by Gasteiger charge is 2.42. The van der Waals surface area contributed by atoms with Crippen molar-refractivity contribution in [3.8, 4) is 0 Å². The standard InChI is InChI=1S/C12H13ClFNOS/c13-8-3-9(14)5-10(4-8)15-11(16)6-12(7-17)1-2-12/h3-5,17H,1-2,6-7H2,(H,15,16). The van der Waals surface area contributed by atoms with Gasteiger partial charge in [-0.3, -0.25) is 4.79 Å². The number of halogens is 2. The summed E-state index contributed by atoms with van der Waals surface area (Å²) in [7, 11) is 0. The van der Waals surface area contributed by atoms with Gasteiger partial charge in [-0.1, -0.05) is 11.6 Å². The first-order chi connectivity index (χ1) is 8.03. The van der Waals surface area contributed by atoms with E-state index in [1.807, 2.05) is 0 Å². The highest BCUT2D eigenvalue weighted by molar-refractivity contribution is 7.80. The zero-order chi connectivity index (χ0) is 12.5. The average molecular weight is 274 g/mol. The van der Waals surface area contributed by atoms with Crippen LogP contribution < -0.4 is 5.32 Å². The molecule has 0 atom stereocenters. The summed E-state index contributed by atoms with van der Waals surface area (Å²) in [5.74, 6) is 0.144. The average Bonchev–Trinajstić information content (AvgIpc) is 2.96. The van der Waals surface area contributed by atoms with Crippen LogP contribution in [0.5, 0.6) is 0 Å². The number of carbonyl (C=O) groups is 1. The van der Waals surface area contributed by atoms with Gasteiger partial charge in [0, 0.05) is 17.1 Å². The Morgan fingerprint density at radius 1 is 1.47 bits per heavy atom. The first-order valence-electron chi connectivity index (χ1n) is 5.40. The molecule has 1 aliphatic rings. The summed E-state index contributed by atoms with van der Waals surface area (Å²) in [4.78, 5) is 11.7. The van der Waals surface area contributed by atoms with E-state index in [2.05, 4.69) is 17.9 Å². The van der Waals surface area contributed by atoms with Gasteiger partial charge >= 0.3 is 0 Å². The molecule has 0 heterocycles. The number of benzene rings is 1. The van der Waals surface area contributed by atoms with Gasteiger partial charge in [0.1, 0.15) is 5.82 Å². The minimum Gasteiger partial charge on any atom is -0.326 e. The zero-order valence-corrected chi connectivity index (χ0v) is 10.8. The number of amides is 1. The monoisotopic (exact) mass is 273 g/mol. The predicted octanol–water partition coefficient (Wildman–Crippen LogP) is 3.52. The van der Waals surface area contributed by atoms with Crippen LogP contribution in [0.3, 0.4) is 0 Å². The van der Waals surface area contributed by atoms with Gasteiger partial charge < -0.3 is 5.32 Å². The molecule has 1 aromatic carbocycles. The van der Waals surface area contributed by atoms with Gasteiger partial charge in [-0.25, -0.2) is 4.39 Å². The number of anilines is 1. The van der Waals surface area contributed by atoms with Crippen molar-refractivity contribution in [1.29, 1.82) is 0 Å². The second kappa shape index (κ2) is 4.86. The van der Waals surface area contributed by atoms with Crippen molar-refractivity contribution >= 4 is 35.8 Å². The third-order valence-corrected chi connectivity index (χ3v) is 3.86. The zero-order valence-electron chi connectivity index (χ0n) is 9.17. The summed E-state index contributed by atoms with van der Waals surface area (Å²) in [6.45, 7) is 0. The van der Waals surface area contributed by atoms with Crippen LogP contribution in [0.25, 0.3) is 0 Å². The molecule has 5 heteroatoms. The van der Waals surface area contributed by atoms with E-state index in [-0.39, 0.29) is 16.3 Å². The Bertz CT molecular complexity index is 428. The molecule has 1 fully saturated rings. The predicted molar refractivity (Wildman–Crippen MR) is 70.2 cm³/mol. The third kappa shape index (κ3) is 3.36. The van der Waals surface area contributed by atoms with Crippen LogP contribution in [0, 0.1) is 11.2 Å². The van der Waals surface area contributed by atoms with Crippen LogP contribution in [0.4, 0.5) is 10.1 Å². The molecule has 2 nitrogen and oxygen atoms in total. The van der Waals surface area contributed by atoms with Gasteiger partial charge in [0.2, 0.25) is 5.91 Å². The van der Waals surface area contributed by atoms with E-state index in [1.165, 1.54) is 18.2 Å². The Morgan fingerprint density at radius 2 is 2.18 bits per heavy atom. The second-order valence-corrected chi connectivity index (χ2v) is 5.29. The van der Waals surface area contributed by atoms with Crippen LogP contribution in [-0.2, 0) is 4.79 Å². The highest BCUT2D eigenvalue weighted by atomic mass is 35.5. The van der Waals surface area contributed by atoms with Gasteiger partial charge in [-0.05, 0) is 42.2 Å². The van der Waals surface area contributed by atoms with Gasteiger partial charge in [-0.15, -0.1) is 0 Å². The number of hydrogen-bond donors (Lipinski definition) is 2. The molecule has 1 aliphatic carbocycles. The Kier molecular flexibility index (Phi) is 3.64. The smallest absolute Gasteiger partial charge is 0.224 e. The van der Waals surface area contributed by atoms with E-state index in [0.29, 0.717) is 17.9 Å². The third-order valence-electron chi connectivity index (χ3n) is 2.97. The van der Waals surface area contributed by atoms with Crippen molar-refractivity contribution in [3.63, 3.8) is 0 Å². The fourth-order valence-corrected chi connectivity index (χ4v) is 2.39. The quantitative estimate of drug-likeness (QED) is 0.808. The Labute approximate surface area is 110 Å². The lowest BCUT2D eigenvalue weighted by molar-refractivity contribution is -0.117. The molecule has 1 amide bonds. The molecule has 1 saturated carbocycles. The normalized spacial score (nSPS) is 16.6. The molecule has 0 saturated heterocycles. The highest BCUT2D eigenvalue weighted by Crippen LogP contribution is 2.49. The van der Waals surface area contributed by atoms with Crippen molar-refractivity contribution in [2.75, 3.05) is 11.1 Å². The van der Waals surface area contributed by atoms with Gasteiger partial charge in [0.15, 0.2) is 0 Å². The van der Waals surface area contributed by atoms with Crippen molar-refractivity contribution in [2.45, 2.75) is 19.3 Å². The first kappa shape index (κ1) is 12.7. The lowest BCUT2D eigenvalue weighted by Crippen LogP contribution is -2.18. The van der Waals surface area contributed by atoms with Crippen molar-refractivity contribution < 1.29 is 9.18 Å². The maximum Gasteiger partial charge on any atom is 0.224 e. The number of thiol groups is 1. The van der Waals surface area contributed by atoms with Crippen molar-refractivity contribution in [2.24, 2.45) is 5.41 Å². The molecule has 0 spiro atoms. The van der Waals surface area contributed by atoms with E-state index >= 15 is 0 Å². The van der Waals surface area contributed by atoms with E-state index in [0.717, 1.165) is 12.8 Å². The number of nitrogens with one attached hydrogen (secondary N) is 1. The molecule has 92 valence electrons. The van der Waals surface area contributed by atoms with Crippen molar-refractivity contribution in [3.05, 3.63) is 29.0 Å². The fraction of sp³-hybridized carbons (Fsp3) is 0.417. The minimum atomic E-state index is -0.455. The number of rotatable bonds is 4. The molecular weight excluding hydrogens is 261 g/mol. The summed E-state index contributed by atoms with van der Waals surface area (Å²) in [6.07, 6.45) is 2.51. The molecule has 2 rings (SSSR count). The summed E-state index contributed by atoms with van der Waals surface area (Å²) >= 11 is 9.94. The van der Waals surface area contributed by atoms with Crippen LogP contribution in [0.1, 0.15) is 19.3 Å². The maximum absolute atomic E-state index is 13.0.